The number of rotatable bonds is 9. The zero-order chi connectivity index (χ0) is 19.2. The van der Waals surface area contributed by atoms with Crippen LogP contribution in [0.3, 0.4) is 0 Å². The molecule has 0 amide bonds. The first kappa shape index (κ1) is 21.3. The summed E-state index contributed by atoms with van der Waals surface area (Å²) in [7, 11) is -7.10. The molecular weight excluding hydrogens is 412 g/mol. The van der Waals surface area contributed by atoms with Crippen LogP contribution in [-0.2, 0) is 20.0 Å². The highest BCUT2D eigenvalue weighted by Gasteiger charge is 2.14. The van der Waals surface area contributed by atoms with Crippen LogP contribution in [0.2, 0.25) is 0 Å². The van der Waals surface area contributed by atoms with E-state index in [1.165, 1.54) is 24.3 Å². The van der Waals surface area contributed by atoms with Gasteiger partial charge in [-0.1, -0.05) is 24.3 Å². The first-order valence-corrected chi connectivity index (χ1v) is 11.9. The first-order valence-electron chi connectivity index (χ1n) is 7.72. The van der Waals surface area contributed by atoms with Gasteiger partial charge in [0, 0.05) is 24.6 Å². The fourth-order valence-electron chi connectivity index (χ4n) is 2.18. The Kier molecular flexibility index (Phi) is 7.56. The maximum absolute atomic E-state index is 12.1. The molecule has 0 aliphatic heterocycles. The van der Waals surface area contributed by atoms with Crippen LogP contribution in [0.25, 0.3) is 11.1 Å². The average molecular weight is 433 g/mol. The van der Waals surface area contributed by atoms with E-state index in [4.69, 9.17) is 0 Å². The van der Waals surface area contributed by atoms with Crippen LogP contribution in [0.4, 0.5) is 0 Å². The van der Waals surface area contributed by atoms with Crippen LogP contribution < -0.4 is 9.44 Å². The number of nitrogens with one attached hydrogen (secondary N) is 2. The highest BCUT2D eigenvalue weighted by atomic mass is 32.2. The lowest BCUT2D eigenvalue weighted by Crippen LogP contribution is -2.25. The lowest BCUT2D eigenvalue weighted by molar-refractivity contribution is 0.582. The predicted molar refractivity (Wildman–Crippen MR) is 110 cm³/mol. The zero-order valence-electron chi connectivity index (χ0n) is 13.8. The van der Waals surface area contributed by atoms with Gasteiger partial charge in [0.1, 0.15) is 0 Å². The minimum Gasteiger partial charge on any atom is -0.210 e. The highest BCUT2D eigenvalue weighted by molar-refractivity contribution is 7.89. The Morgan fingerprint density at radius 1 is 0.615 bits per heavy atom. The number of hydrogen-bond acceptors (Lipinski definition) is 6. The molecule has 10 heteroatoms. The highest BCUT2D eigenvalue weighted by Crippen LogP contribution is 2.23. The molecular formula is C16H20N2O4S4. The largest absolute Gasteiger partial charge is 0.240 e. The second-order valence-corrected chi connectivity index (χ2v) is 9.72. The van der Waals surface area contributed by atoms with Gasteiger partial charge < -0.3 is 0 Å². The van der Waals surface area contributed by atoms with E-state index < -0.39 is 20.0 Å². The van der Waals surface area contributed by atoms with E-state index in [2.05, 4.69) is 34.7 Å². The van der Waals surface area contributed by atoms with E-state index in [9.17, 15) is 16.8 Å². The maximum Gasteiger partial charge on any atom is 0.240 e. The summed E-state index contributed by atoms with van der Waals surface area (Å²) < 4.78 is 53.1. The van der Waals surface area contributed by atoms with E-state index in [0.29, 0.717) is 11.5 Å². The smallest absolute Gasteiger partial charge is 0.210 e. The van der Waals surface area contributed by atoms with Gasteiger partial charge in [-0.3, -0.25) is 0 Å². The quantitative estimate of drug-likeness (QED) is 0.455. The molecule has 2 aromatic rings. The van der Waals surface area contributed by atoms with Crippen molar-refractivity contribution in [2.45, 2.75) is 9.79 Å². The molecule has 0 spiro atoms. The van der Waals surface area contributed by atoms with Crippen molar-refractivity contribution in [3.8, 4) is 11.1 Å². The molecule has 0 saturated carbocycles. The van der Waals surface area contributed by atoms with Crippen molar-refractivity contribution in [1.29, 1.82) is 0 Å². The summed E-state index contributed by atoms with van der Waals surface area (Å²) in [4.78, 5) is 0.330. The summed E-state index contributed by atoms with van der Waals surface area (Å²) in [5.74, 6) is 0.824. The number of hydrogen-bond donors (Lipinski definition) is 4. The molecule has 0 aromatic heterocycles. The summed E-state index contributed by atoms with van der Waals surface area (Å²) in [5, 5.41) is 0. The van der Waals surface area contributed by atoms with Crippen molar-refractivity contribution in [3.05, 3.63) is 48.5 Å². The molecule has 0 aliphatic carbocycles. The first-order chi connectivity index (χ1) is 12.3. The Hall–Kier alpha value is -1.04. The monoisotopic (exact) mass is 432 g/mol. The third kappa shape index (κ3) is 5.48. The predicted octanol–water partition coefficient (Wildman–Crippen LogP) is 1.77. The van der Waals surface area contributed by atoms with Crippen molar-refractivity contribution in [3.63, 3.8) is 0 Å². The van der Waals surface area contributed by atoms with Gasteiger partial charge in [0.25, 0.3) is 0 Å². The van der Waals surface area contributed by atoms with Gasteiger partial charge >= 0.3 is 0 Å². The van der Waals surface area contributed by atoms with E-state index in [-0.39, 0.29) is 22.9 Å². The number of thiol groups is 2. The molecule has 2 rings (SSSR count). The molecule has 0 aliphatic rings. The minimum atomic E-state index is -3.55. The SMILES string of the molecule is O=S(=O)(NCCS)c1ccc(-c2ccc(S(=O)(=O)NCCS)cc2)cc1. The third-order valence-electron chi connectivity index (χ3n) is 3.47. The Labute approximate surface area is 165 Å². The van der Waals surface area contributed by atoms with E-state index in [0.717, 1.165) is 11.1 Å². The van der Waals surface area contributed by atoms with Gasteiger partial charge in [-0.05, 0) is 35.4 Å². The molecule has 2 N–H and O–H groups in total. The summed E-state index contributed by atoms with van der Waals surface area (Å²) in [6.07, 6.45) is 0. The van der Waals surface area contributed by atoms with E-state index in [1.807, 2.05) is 0 Å². The average Bonchev–Trinajstić information content (AvgIpc) is 2.65. The molecule has 0 heterocycles. The Morgan fingerprint density at radius 3 is 1.19 bits per heavy atom. The Balaban J connectivity index is 2.20. The summed E-state index contributed by atoms with van der Waals surface area (Å²) in [6.45, 7) is 0.509. The molecule has 26 heavy (non-hydrogen) atoms. The van der Waals surface area contributed by atoms with Crippen LogP contribution in [0.5, 0.6) is 0 Å². The van der Waals surface area contributed by atoms with Crippen LogP contribution in [0.1, 0.15) is 0 Å². The van der Waals surface area contributed by atoms with Crippen LogP contribution >= 0.6 is 25.3 Å². The molecule has 6 nitrogen and oxygen atoms in total. The summed E-state index contributed by atoms with van der Waals surface area (Å²) in [6, 6.07) is 12.8. The van der Waals surface area contributed by atoms with Gasteiger partial charge in [0.2, 0.25) is 20.0 Å². The van der Waals surface area contributed by atoms with E-state index in [1.54, 1.807) is 24.3 Å². The second kappa shape index (κ2) is 9.25. The Morgan fingerprint density at radius 2 is 0.923 bits per heavy atom. The van der Waals surface area contributed by atoms with Gasteiger partial charge in [-0.25, -0.2) is 26.3 Å². The molecule has 0 saturated heterocycles. The molecule has 142 valence electrons. The Bertz CT molecular complexity index is 846. The molecule has 0 radical (unpaired) electrons. The van der Waals surface area contributed by atoms with Crippen molar-refractivity contribution in [2.24, 2.45) is 0 Å². The second-order valence-electron chi connectivity index (χ2n) is 5.29. The maximum atomic E-state index is 12.1. The topological polar surface area (TPSA) is 92.3 Å². The van der Waals surface area contributed by atoms with Crippen molar-refractivity contribution >= 4 is 45.3 Å². The summed E-state index contributed by atoms with van der Waals surface area (Å²) in [5.41, 5.74) is 1.57. The third-order valence-corrected chi connectivity index (χ3v) is 6.87. The van der Waals surface area contributed by atoms with Crippen LogP contribution in [-0.4, -0.2) is 41.4 Å². The van der Waals surface area contributed by atoms with Crippen molar-refractivity contribution in [1.82, 2.24) is 9.44 Å². The molecule has 0 atom stereocenters. The van der Waals surface area contributed by atoms with Crippen molar-refractivity contribution in [2.75, 3.05) is 24.6 Å². The van der Waals surface area contributed by atoms with Crippen molar-refractivity contribution < 1.29 is 16.8 Å². The van der Waals surface area contributed by atoms with Gasteiger partial charge in [-0.2, -0.15) is 25.3 Å². The molecule has 2 aromatic carbocycles. The van der Waals surface area contributed by atoms with E-state index >= 15 is 0 Å². The standard InChI is InChI=1S/C16H20N2O4S4/c19-25(20,17-9-11-23)15-5-1-13(2-6-15)14-3-7-16(8-4-14)26(21,22)18-10-12-24/h1-8,17-18,23-24H,9-12H2. The fraction of sp³-hybridized carbons (Fsp3) is 0.250. The number of sulfonamides is 2. The van der Waals surface area contributed by atoms with Gasteiger partial charge in [-0.15, -0.1) is 0 Å². The molecule has 0 unspecified atom stereocenters. The lowest BCUT2D eigenvalue weighted by atomic mass is 10.1. The fourth-order valence-corrected chi connectivity index (χ4v) is 4.77. The van der Waals surface area contributed by atoms with Gasteiger partial charge in [0.15, 0.2) is 0 Å². The minimum absolute atomic E-state index is 0.165. The number of benzene rings is 2. The zero-order valence-corrected chi connectivity index (χ0v) is 17.2. The van der Waals surface area contributed by atoms with Gasteiger partial charge in [0.05, 0.1) is 9.79 Å². The summed E-state index contributed by atoms with van der Waals surface area (Å²) >= 11 is 7.96. The van der Waals surface area contributed by atoms with Crippen LogP contribution in [0.15, 0.2) is 58.3 Å². The van der Waals surface area contributed by atoms with Crippen LogP contribution in [0, 0.1) is 0 Å². The molecule has 0 bridgehead atoms. The lowest BCUT2D eigenvalue weighted by Gasteiger charge is -2.08. The molecule has 0 fully saturated rings. The normalized spacial score (nSPS) is 12.2.